The van der Waals surface area contributed by atoms with E-state index in [9.17, 15) is 15.2 Å². The van der Waals surface area contributed by atoms with E-state index >= 15 is 0 Å². The minimum Gasteiger partial charge on any atom is -0.477 e. The zero-order valence-electron chi connectivity index (χ0n) is 15.7. The van der Waals surface area contributed by atoms with Crippen LogP contribution in [-0.2, 0) is 4.79 Å². The minimum atomic E-state index is -1.14. The maximum Gasteiger partial charge on any atom is 0.342 e. The monoisotopic (exact) mass is 448 g/mol. The lowest BCUT2D eigenvalue weighted by Gasteiger charge is -2.00. The van der Waals surface area contributed by atoms with Crippen molar-refractivity contribution in [2.45, 2.75) is 5.16 Å². The van der Waals surface area contributed by atoms with Gasteiger partial charge in [-0.25, -0.2) is 9.78 Å². The first-order valence-corrected chi connectivity index (χ1v) is 10.1. The summed E-state index contributed by atoms with van der Waals surface area (Å²) in [5, 5.41) is 26.6. The lowest BCUT2D eigenvalue weighted by molar-refractivity contribution is -0.131. The van der Waals surface area contributed by atoms with Crippen LogP contribution in [0.3, 0.4) is 0 Å². The molecule has 2 N–H and O–H groups in total. The SMILES string of the molecule is N#Cc1ccccc1-c1ccc(/C=C(\Sc2n[nH]c(-c3ccc(Cl)cc3)n2)C(=O)O)o1. The number of hydrogen-bond donors (Lipinski definition) is 2. The third-order valence-electron chi connectivity index (χ3n) is 4.21. The molecule has 0 amide bonds. The first-order chi connectivity index (χ1) is 15.0. The van der Waals surface area contributed by atoms with Crippen molar-refractivity contribution in [2.24, 2.45) is 0 Å². The number of carboxylic acids is 1. The Bertz CT molecular complexity index is 1320. The molecule has 9 heteroatoms. The Balaban J connectivity index is 1.58. The average Bonchev–Trinajstić information content (AvgIpc) is 3.43. The molecule has 0 fully saturated rings. The second-order valence-corrected chi connectivity index (χ2v) is 7.69. The fourth-order valence-electron chi connectivity index (χ4n) is 2.76. The molecule has 0 unspecified atom stereocenters. The molecule has 31 heavy (non-hydrogen) atoms. The summed E-state index contributed by atoms with van der Waals surface area (Å²) in [6.07, 6.45) is 1.39. The molecule has 0 saturated carbocycles. The van der Waals surface area contributed by atoms with Crippen molar-refractivity contribution in [3.63, 3.8) is 0 Å². The van der Waals surface area contributed by atoms with Crippen LogP contribution in [0.15, 0.2) is 75.1 Å². The first kappa shape index (κ1) is 20.5. The summed E-state index contributed by atoms with van der Waals surface area (Å²) in [7, 11) is 0. The van der Waals surface area contributed by atoms with Gasteiger partial charge in [0.2, 0.25) is 5.16 Å². The van der Waals surface area contributed by atoms with Gasteiger partial charge in [-0.1, -0.05) is 23.7 Å². The van der Waals surface area contributed by atoms with E-state index in [1.807, 2.05) is 0 Å². The molecule has 4 rings (SSSR count). The number of carbonyl (C=O) groups is 1. The highest BCUT2D eigenvalue weighted by atomic mass is 35.5. The summed E-state index contributed by atoms with van der Waals surface area (Å²) < 4.78 is 5.75. The predicted molar refractivity (Wildman–Crippen MR) is 117 cm³/mol. The van der Waals surface area contributed by atoms with Gasteiger partial charge in [-0.05, 0) is 60.3 Å². The molecule has 4 aromatic rings. The normalized spacial score (nSPS) is 11.3. The number of nitrogens with one attached hydrogen (secondary N) is 1. The highest BCUT2D eigenvalue weighted by Gasteiger charge is 2.16. The van der Waals surface area contributed by atoms with Gasteiger partial charge in [0.25, 0.3) is 0 Å². The zero-order chi connectivity index (χ0) is 21.8. The number of nitrogens with zero attached hydrogens (tertiary/aromatic N) is 3. The molecule has 2 aromatic carbocycles. The zero-order valence-corrected chi connectivity index (χ0v) is 17.3. The van der Waals surface area contributed by atoms with Crippen LogP contribution >= 0.6 is 23.4 Å². The predicted octanol–water partition coefficient (Wildman–Crippen LogP) is 5.47. The van der Waals surface area contributed by atoms with E-state index in [-0.39, 0.29) is 10.1 Å². The number of H-pyrrole nitrogens is 1. The number of hydrogen-bond acceptors (Lipinski definition) is 6. The van der Waals surface area contributed by atoms with Gasteiger partial charge in [-0.2, -0.15) is 5.26 Å². The smallest absolute Gasteiger partial charge is 0.342 e. The number of aliphatic carboxylic acids is 1. The van der Waals surface area contributed by atoms with Crippen LogP contribution in [0, 0.1) is 11.3 Å². The van der Waals surface area contributed by atoms with E-state index in [1.165, 1.54) is 6.08 Å². The van der Waals surface area contributed by atoms with Gasteiger partial charge >= 0.3 is 5.97 Å². The fourth-order valence-corrected chi connectivity index (χ4v) is 3.58. The van der Waals surface area contributed by atoms with Crippen molar-refractivity contribution in [3.05, 3.63) is 81.9 Å². The standard InChI is InChI=1S/C22H13ClN4O3S/c23-15-7-5-13(6-8-15)20-25-22(27-26-20)31-19(21(28)29)11-16-9-10-18(30-16)17-4-2-1-3-14(17)12-24/h1-11H,(H,28,29)(H,25,26,27)/b19-11-. The van der Waals surface area contributed by atoms with E-state index in [0.29, 0.717) is 33.5 Å². The first-order valence-electron chi connectivity index (χ1n) is 8.94. The van der Waals surface area contributed by atoms with Crippen molar-refractivity contribution in [2.75, 3.05) is 0 Å². The Kier molecular flexibility index (Phi) is 5.89. The Morgan fingerprint density at radius 3 is 2.68 bits per heavy atom. The molecule has 152 valence electrons. The van der Waals surface area contributed by atoms with Crippen LogP contribution in [0.5, 0.6) is 0 Å². The van der Waals surface area contributed by atoms with Crippen molar-refractivity contribution in [1.29, 1.82) is 5.26 Å². The number of rotatable bonds is 6. The third kappa shape index (κ3) is 4.69. The maximum absolute atomic E-state index is 11.7. The highest BCUT2D eigenvalue weighted by Crippen LogP contribution is 2.30. The molecule has 7 nitrogen and oxygen atoms in total. The summed E-state index contributed by atoms with van der Waals surface area (Å²) in [4.78, 5) is 16.1. The lowest BCUT2D eigenvalue weighted by Crippen LogP contribution is -1.97. The number of furan rings is 1. The van der Waals surface area contributed by atoms with Crippen molar-refractivity contribution in [3.8, 4) is 28.8 Å². The molecule has 0 aliphatic rings. The number of halogens is 1. The molecule has 0 radical (unpaired) electrons. The van der Waals surface area contributed by atoms with E-state index < -0.39 is 5.97 Å². The maximum atomic E-state index is 11.7. The molecule has 0 atom stereocenters. The molecule has 0 bridgehead atoms. The van der Waals surface area contributed by atoms with Gasteiger partial charge in [0.05, 0.1) is 11.6 Å². The number of carboxylic acid groups (broad SMARTS) is 1. The van der Waals surface area contributed by atoms with Gasteiger partial charge in [0, 0.05) is 22.2 Å². The molecular formula is C22H13ClN4O3S. The largest absolute Gasteiger partial charge is 0.477 e. The van der Waals surface area contributed by atoms with Crippen molar-refractivity contribution >= 4 is 35.4 Å². The summed E-state index contributed by atoms with van der Waals surface area (Å²) in [5.41, 5.74) is 1.88. The van der Waals surface area contributed by atoms with Gasteiger partial charge in [-0.15, -0.1) is 5.10 Å². The Labute approximate surface area is 186 Å². The quantitative estimate of drug-likeness (QED) is 0.296. The highest BCUT2D eigenvalue weighted by molar-refractivity contribution is 8.04. The molecule has 0 spiro atoms. The van der Waals surface area contributed by atoms with E-state index in [0.717, 1.165) is 17.3 Å². The number of aromatic amines is 1. The molecular weight excluding hydrogens is 436 g/mol. The number of thioether (sulfide) groups is 1. The van der Waals surface area contributed by atoms with Crippen molar-refractivity contribution in [1.82, 2.24) is 15.2 Å². The van der Waals surface area contributed by atoms with Gasteiger partial charge < -0.3 is 9.52 Å². The van der Waals surface area contributed by atoms with Crippen molar-refractivity contribution < 1.29 is 14.3 Å². The number of aromatic nitrogens is 3. The molecule has 2 aromatic heterocycles. The van der Waals surface area contributed by atoms with Crippen LogP contribution < -0.4 is 0 Å². The molecule has 2 heterocycles. The van der Waals surface area contributed by atoms with Crippen LogP contribution in [0.2, 0.25) is 5.02 Å². The number of nitriles is 1. The molecule has 0 saturated heterocycles. The van der Waals surface area contributed by atoms with Crippen LogP contribution in [0.4, 0.5) is 0 Å². The van der Waals surface area contributed by atoms with Gasteiger partial charge in [-0.3, -0.25) is 5.10 Å². The van der Waals surface area contributed by atoms with Crippen LogP contribution in [0.1, 0.15) is 11.3 Å². The topological polar surface area (TPSA) is 116 Å². The summed E-state index contributed by atoms with van der Waals surface area (Å²) >= 11 is 6.79. The van der Waals surface area contributed by atoms with Gasteiger partial charge in [0.1, 0.15) is 16.4 Å². The Morgan fingerprint density at radius 2 is 1.94 bits per heavy atom. The van der Waals surface area contributed by atoms with E-state index in [4.69, 9.17) is 16.0 Å². The average molecular weight is 449 g/mol. The van der Waals surface area contributed by atoms with Crippen LogP contribution in [-0.4, -0.2) is 26.3 Å². The summed E-state index contributed by atoms with van der Waals surface area (Å²) in [5.74, 6) is 0.165. The number of benzene rings is 2. The second kappa shape index (κ2) is 8.92. The fraction of sp³-hybridized carbons (Fsp3) is 0. The lowest BCUT2D eigenvalue weighted by atomic mass is 10.1. The summed E-state index contributed by atoms with van der Waals surface area (Å²) in [6, 6.07) is 19.5. The molecule has 0 aliphatic heterocycles. The second-order valence-electron chi connectivity index (χ2n) is 6.25. The molecule has 0 aliphatic carbocycles. The van der Waals surface area contributed by atoms with E-state index in [2.05, 4.69) is 21.3 Å². The summed E-state index contributed by atoms with van der Waals surface area (Å²) in [6.45, 7) is 0. The van der Waals surface area contributed by atoms with Gasteiger partial charge in [0.15, 0.2) is 5.82 Å². The third-order valence-corrected chi connectivity index (χ3v) is 5.34. The van der Waals surface area contributed by atoms with E-state index in [1.54, 1.807) is 60.7 Å². The Hall–Kier alpha value is -3.80. The Morgan fingerprint density at radius 1 is 1.16 bits per heavy atom. The van der Waals surface area contributed by atoms with Crippen LogP contribution in [0.25, 0.3) is 28.8 Å². The minimum absolute atomic E-state index is 0.0175.